The zero-order chi connectivity index (χ0) is 14.5. The molecule has 20 heavy (non-hydrogen) atoms. The Morgan fingerprint density at radius 3 is 2.85 bits per heavy atom. The number of benzene rings is 1. The van der Waals surface area contributed by atoms with E-state index in [0.717, 1.165) is 10.0 Å². The standard InChI is InChI=1S/C14H14BrNO4/c15-11-4-2-1-3-10(11)5-6-13(17)16-7-8-20-12(9-16)14(18)19/h1-6,12H,7-9H2,(H,18,19). The van der Waals surface area contributed by atoms with Crippen LogP contribution in [0.15, 0.2) is 34.8 Å². The Balaban J connectivity index is 2.01. The van der Waals surface area contributed by atoms with E-state index >= 15 is 0 Å². The van der Waals surface area contributed by atoms with Gasteiger partial charge in [0, 0.05) is 17.1 Å². The van der Waals surface area contributed by atoms with Gasteiger partial charge in [-0.15, -0.1) is 0 Å². The average molecular weight is 340 g/mol. The molecule has 0 aliphatic carbocycles. The summed E-state index contributed by atoms with van der Waals surface area (Å²) in [6, 6.07) is 7.54. The molecular weight excluding hydrogens is 326 g/mol. The van der Waals surface area contributed by atoms with Crippen molar-refractivity contribution in [1.82, 2.24) is 4.90 Å². The maximum absolute atomic E-state index is 12.0. The molecule has 1 atom stereocenters. The Labute approximate surface area is 125 Å². The third kappa shape index (κ3) is 3.68. The van der Waals surface area contributed by atoms with Crippen molar-refractivity contribution in [2.75, 3.05) is 19.7 Å². The van der Waals surface area contributed by atoms with E-state index in [-0.39, 0.29) is 19.1 Å². The first-order chi connectivity index (χ1) is 9.58. The molecule has 0 radical (unpaired) electrons. The first-order valence-electron chi connectivity index (χ1n) is 6.14. The van der Waals surface area contributed by atoms with E-state index in [4.69, 9.17) is 9.84 Å². The number of halogens is 1. The van der Waals surface area contributed by atoms with Crippen molar-refractivity contribution in [2.24, 2.45) is 0 Å². The second-order valence-electron chi connectivity index (χ2n) is 4.34. The zero-order valence-corrected chi connectivity index (χ0v) is 12.2. The average Bonchev–Trinajstić information content (AvgIpc) is 2.46. The molecular formula is C14H14BrNO4. The van der Waals surface area contributed by atoms with Gasteiger partial charge in [0.05, 0.1) is 13.2 Å². The van der Waals surface area contributed by atoms with Crippen molar-refractivity contribution in [3.8, 4) is 0 Å². The second-order valence-corrected chi connectivity index (χ2v) is 5.19. The molecule has 1 aromatic carbocycles. The lowest BCUT2D eigenvalue weighted by Gasteiger charge is -2.30. The molecule has 1 unspecified atom stereocenters. The predicted octanol–water partition coefficient (Wildman–Crippen LogP) is 1.77. The smallest absolute Gasteiger partial charge is 0.334 e. The molecule has 2 rings (SSSR count). The third-order valence-corrected chi connectivity index (χ3v) is 3.69. The minimum Gasteiger partial charge on any atom is -0.479 e. The van der Waals surface area contributed by atoms with Crippen LogP contribution in [0, 0.1) is 0 Å². The van der Waals surface area contributed by atoms with Crippen LogP contribution in [0.1, 0.15) is 5.56 Å². The molecule has 6 heteroatoms. The molecule has 5 nitrogen and oxygen atoms in total. The molecule has 1 N–H and O–H groups in total. The van der Waals surface area contributed by atoms with Gasteiger partial charge >= 0.3 is 5.97 Å². The van der Waals surface area contributed by atoms with Crippen molar-refractivity contribution in [1.29, 1.82) is 0 Å². The lowest BCUT2D eigenvalue weighted by molar-refractivity contribution is -0.158. The van der Waals surface area contributed by atoms with Crippen molar-refractivity contribution < 1.29 is 19.4 Å². The van der Waals surface area contributed by atoms with E-state index in [1.165, 1.54) is 11.0 Å². The SMILES string of the molecule is O=C(O)C1CN(C(=O)C=Cc2ccccc2Br)CCO1. The number of amides is 1. The fourth-order valence-electron chi connectivity index (χ4n) is 1.88. The molecule has 1 amide bonds. The Morgan fingerprint density at radius 1 is 1.40 bits per heavy atom. The fraction of sp³-hybridized carbons (Fsp3) is 0.286. The Morgan fingerprint density at radius 2 is 2.15 bits per heavy atom. The van der Waals surface area contributed by atoms with Gasteiger partial charge in [-0.3, -0.25) is 4.79 Å². The molecule has 106 valence electrons. The number of carbonyl (C=O) groups excluding carboxylic acids is 1. The van der Waals surface area contributed by atoms with Gasteiger partial charge in [-0.2, -0.15) is 0 Å². The highest BCUT2D eigenvalue weighted by molar-refractivity contribution is 9.10. The third-order valence-electron chi connectivity index (χ3n) is 2.96. The summed E-state index contributed by atoms with van der Waals surface area (Å²) in [5.74, 6) is -1.26. The molecule has 1 heterocycles. The van der Waals surface area contributed by atoms with Gasteiger partial charge in [0.1, 0.15) is 0 Å². The number of rotatable bonds is 3. The quantitative estimate of drug-likeness (QED) is 0.852. The second kappa shape index (κ2) is 6.67. The van der Waals surface area contributed by atoms with E-state index in [1.54, 1.807) is 6.08 Å². The highest BCUT2D eigenvalue weighted by Gasteiger charge is 2.27. The number of morpholine rings is 1. The molecule has 0 saturated carbocycles. The van der Waals surface area contributed by atoms with Gasteiger partial charge in [0.15, 0.2) is 6.10 Å². The van der Waals surface area contributed by atoms with E-state index in [0.29, 0.717) is 6.54 Å². The number of hydrogen-bond acceptors (Lipinski definition) is 3. The lowest BCUT2D eigenvalue weighted by Crippen LogP contribution is -2.48. The van der Waals surface area contributed by atoms with Crippen molar-refractivity contribution in [3.05, 3.63) is 40.4 Å². The molecule has 1 aliphatic rings. The van der Waals surface area contributed by atoms with Crippen LogP contribution in [0.2, 0.25) is 0 Å². The highest BCUT2D eigenvalue weighted by atomic mass is 79.9. The summed E-state index contributed by atoms with van der Waals surface area (Å²) in [6.45, 7) is 0.725. The minimum absolute atomic E-state index is 0.0778. The summed E-state index contributed by atoms with van der Waals surface area (Å²) in [7, 11) is 0. The first-order valence-corrected chi connectivity index (χ1v) is 6.93. The minimum atomic E-state index is -1.04. The summed E-state index contributed by atoms with van der Waals surface area (Å²) >= 11 is 3.40. The Kier molecular flexibility index (Phi) is 4.92. The molecule has 1 saturated heterocycles. The number of aliphatic carboxylic acids is 1. The fourth-order valence-corrected chi connectivity index (χ4v) is 2.29. The predicted molar refractivity (Wildman–Crippen MR) is 77.1 cm³/mol. The molecule has 1 aromatic rings. The summed E-state index contributed by atoms with van der Waals surface area (Å²) < 4.78 is 5.97. The van der Waals surface area contributed by atoms with E-state index < -0.39 is 12.1 Å². The van der Waals surface area contributed by atoms with Crippen molar-refractivity contribution >= 4 is 33.9 Å². The highest BCUT2D eigenvalue weighted by Crippen LogP contribution is 2.17. The number of nitrogens with zero attached hydrogens (tertiary/aromatic N) is 1. The first kappa shape index (κ1) is 14.7. The molecule has 1 aliphatic heterocycles. The van der Waals surface area contributed by atoms with Gasteiger partial charge < -0.3 is 14.7 Å². The normalized spacial score (nSPS) is 19.2. The topological polar surface area (TPSA) is 66.8 Å². The van der Waals surface area contributed by atoms with Crippen LogP contribution in [0.25, 0.3) is 6.08 Å². The molecule has 0 bridgehead atoms. The number of hydrogen-bond donors (Lipinski definition) is 1. The van der Waals surface area contributed by atoms with Crippen LogP contribution < -0.4 is 0 Å². The lowest BCUT2D eigenvalue weighted by atomic mass is 10.2. The van der Waals surface area contributed by atoms with Gasteiger partial charge in [-0.1, -0.05) is 34.1 Å². The van der Waals surface area contributed by atoms with Crippen molar-refractivity contribution in [2.45, 2.75) is 6.10 Å². The number of carbonyl (C=O) groups is 2. The van der Waals surface area contributed by atoms with E-state index in [9.17, 15) is 9.59 Å². The molecule has 0 spiro atoms. The van der Waals surface area contributed by atoms with Gasteiger partial charge in [0.25, 0.3) is 0 Å². The van der Waals surface area contributed by atoms with Crippen LogP contribution in [-0.2, 0) is 14.3 Å². The Hall–Kier alpha value is -1.66. The van der Waals surface area contributed by atoms with Crippen molar-refractivity contribution in [3.63, 3.8) is 0 Å². The summed E-state index contributed by atoms with van der Waals surface area (Å²) in [6.07, 6.45) is 2.21. The van der Waals surface area contributed by atoms with Gasteiger partial charge in [-0.05, 0) is 17.7 Å². The Bertz CT molecular complexity index is 544. The summed E-state index contributed by atoms with van der Waals surface area (Å²) in [4.78, 5) is 24.4. The van der Waals surface area contributed by atoms with Gasteiger partial charge in [-0.25, -0.2) is 4.79 Å². The van der Waals surface area contributed by atoms with E-state index in [2.05, 4.69) is 15.9 Å². The monoisotopic (exact) mass is 339 g/mol. The van der Waals surface area contributed by atoms with Crippen LogP contribution in [0.3, 0.4) is 0 Å². The van der Waals surface area contributed by atoms with E-state index in [1.807, 2.05) is 24.3 Å². The van der Waals surface area contributed by atoms with Gasteiger partial charge in [0.2, 0.25) is 5.91 Å². The van der Waals surface area contributed by atoms with Crippen LogP contribution in [-0.4, -0.2) is 47.7 Å². The summed E-state index contributed by atoms with van der Waals surface area (Å²) in [5.41, 5.74) is 0.892. The largest absolute Gasteiger partial charge is 0.479 e. The van der Waals surface area contributed by atoms with Crippen LogP contribution in [0.5, 0.6) is 0 Å². The molecule has 0 aromatic heterocycles. The maximum Gasteiger partial charge on any atom is 0.334 e. The van der Waals surface area contributed by atoms with Crippen LogP contribution >= 0.6 is 15.9 Å². The molecule has 1 fully saturated rings. The summed E-state index contributed by atoms with van der Waals surface area (Å²) in [5, 5.41) is 8.89. The number of carboxylic acid groups (broad SMARTS) is 1. The maximum atomic E-state index is 12.0. The van der Waals surface area contributed by atoms with Crippen LogP contribution in [0.4, 0.5) is 0 Å². The number of carboxylic acids is 1. The zero-order valence-electron chi connectivity index (χ0n) is 10.7. The number of ether oxygens (including phenoxy) is 1.